The maximum absolute atomic E-state index is 14.1. The Bertz CT molecular complexity index is 1220. The minimum Gasteiger partial charge on any atom is -0.336 e. The van der Waals surface area contributed by atoms with Gasteiger partial charge in [-0.05, 0) is 32.0 Å². The van der Waals surface area contributed by atoms with E-state index in [1.165, 1.54) is 21.3 Å². The van der Waals surface area contributed by atoms with Gasteiger partial charge < -0.3 is 4.90 Å². The van der Waals surface area contributed by atoms with Crippen LogP contribution in [0.5, 0.6) is 0 Å². The molecule has 1 aliphatic rings. The highest BCUT2D eigenvalue weighted by Crippen LogP contribution is 2.23. The Kier molecular flexibility index (Phi) is 5.25. The van der Waals surface area contributed by atoms with Crippen molar-refractivity contribution >= 4 is 27.0 Å². The number of aromatic nitrogens is 2. The number of benzene rings is 2. The zero-order valence-corrected chi connectivity index (χ0v) is 17.5. The van der Waals surface area contributed by atoms with Gasteiger partial charge in [0.15, 0.2) is 0 Å². The lowest BCUT2D eigenvalue weighted by atomic mass is 10.1. The summed E-state index contributed by atoms with van der Waals surface area (Å²) >= 11 is 0. The van der Waals surface area contributed by atoms with Gasteiger partial charge in [0, 0.05) is 32.2 Å². The van der Waals surface area contributed by atoms with Crippen LogP contribution in [-0.2, 0) is 10.0 Å². The summed E-state index contributed by atoms with van der Waals surface area (Å²) in [6.07, 6.45) is 0. The fourth-order valence-corrected chi connectivity index (χ4v) is 4.95. The van der Waals surface area contributed by atoms with E-state index in [1.807, 2.05) is 0 Å². The second kappa shape index (κ2) is 7.73. The lowest BCUT2D eigenvalue weighted by Gasteiger charge is -2.34. The van der Waals surface area contributed by atoms with Crippen molar-refractivity contribution in [3.8, 4) is 0 Å². The molecule has 0 aliphatic carbocycles. The summed E-state index contributed by atoms with van der Waals surface area (Å²) in [5.41, 5.74) is 2.16. The molecule has 1 aromatic heterocycles. The second-order valence-corrected chi connectivity index (χ2v) is 9.16. The number of rotatable bonds is 3. The molecule has 0 unspecified atom stereocenters. The molecule has 0 N–H and O–H groups in total. The van der Waals surface area contributed by atoms with E-state index in [2.05, 4.69) is 9.97 Å². The SMILES string of the molecule is Cc1nc2cc(F)cc(C(=O)N3CCN(S(=O)(=O)c4ccccc4)CC3)c2nc1C. The van der Waals surface area contributed by atoms with Gasteiger partial charge in [0.05, 0.1) is 27.4 Å². The van der Waals surface area contributed by atoms with Crippen LogP contribution >= 0.6 is 0 Å². The zero-order valence-electron chi connectivity index (χ0n) is 16.7. The third kappa shape index (κ3) is 3.66. The quantitative estimate of drug-likeness (QED) is 0.640. The van der Waals surface area contributed by atoms with Gasteiger partial charge in [-0.15, -0.1) is 0 Å². The van der Waals surface area contributed by atoms with Crippen molar-refractivity contribution in [3.63, 3.8) is 0 Å². The summed E-state index contributed by atoms with van der Waals surface area (Å²) in [5, 5.41) is 0. The summed E-state index contributed by atoms with van der Waals surface area (Å²) in [6, 6.07) is 10.6. The van der Waals surface area contributed by atoms with Gasteiger partial charge in [0.25, 0.3) is 5.91 Å². The molecule has 1 saturated heterocycles. The minimum atomic E-state index is -3.61. The van der Waals surface area contributed by atoms with Crippen molar-refractivity contribution in [2.75, 3.05) is 26.2 Å². The topological polar surface area (TPSA) is 83.5 Å². The van der Waals surface area contributed by atoms with E-state index in [1.54, 1.807) is 44.2 Å². The van der Waals surface area contributed by atoms with E-state index in [4.69, 9.17) is 0 Å². The van der Waals surface area contributed by atoms with Crippen molar-refractivity contribution < 1.29 is 17.6 Å². The molecule has 2 aromatic carbocycles. The van der Waals surface area contributed by atoms with Crippen LogP contribution in [0.1, 0.15) is 21.7 Å². The van der Waals surface area contributed by atoms with E-state index in [0.29, 0.717) is 22.4 Å². The van der Waals surface area contributed by atoms with E-state index in [0.717, 1.165) is 0 Å². The number of fused-ring (bicyclic) bond motifs is 1. The van der Waals surface area contributed by atoms with Crippen molar-refractivity contribution in [1.82, 2.24) is 19.2 Å². The molecule has 30 heavy (non-hydrogen) atoms. The molecule has 0 spiro atoms. The molecule has 1 amide bonds. The Morgan fingerprint density at radius 1 is 0.967 bits per heavy atom. The number of hydrogen-bond donors (Lipinski definition) is 0. The molecule has 3 aromatic rings. The van der Waals surface area contributed by atoms with Crippen LogP contribution in [0, 0.1) is 19.7 Å². The average molecular weight is 428 g/mol. The van der Waals surface area contributed by atoms with E-state index in [9.17, 15) is 17.6 Å². The van der Waals surface area contributed by atoms with Gasteiger partial charge in [0.1, 0.15) is 11.3 Å². The summed E-state index contributed by atoms with van der Waals surface area (Å²) < 4.78 is 41.1. The summed E-state index contributed by atoms with van der Waals surface area (Å²) in [4.78, 5) is 23.7. The van der Waals surface area contributed by atoms with Gasteiger partial charge in [0.2, 0.25) is 10.0 Å². The number of piperazine rings is 1. The Balaban J connectivity index is 1.58. The Morgan fingerprint density at radius 3 is 2.27 bits per heavy atom. The van der Waals surface area contributed by atoms with Crippen molar-refractivity contribution in [3.05, 3.63) is 65.2 Å². The molecule has 4 rings (SSSR count). The van der Waals surface area contributed by atoms with Crippen LogP contribution in [-0.4, -0.2) is 59.7 Å². The highest BCUT2D eigenvalue weighted by molar-refractivity contribution is 7.89. The molecule has 1 aliphatic heterocycles. The fraction of sp³-hybridized carbons (Fsp3) is 0.286. The first-order valence-electron chi connectivity index (χ1n) is 9.56. The van der Waals surface area contributed by atoms with Gasteiger partial charge in [-0.2, -0.15) is 4.31 Å². The van der Waals surface area contributed by atoms with Gasteiger partial charge >= 0.3 is 0 Å². The Hall–Kier alpha value is -2.91. The van der Waals surface area contributed by atoms with Crippen LogP contribution in [0.2, 0.25) is 0 Å². The lowest BCUT2D eigenvalue weighted by molar-refractivity contribution is 0.0699. The molecule has 0 radical (unpaired) electrons. The van der Waals surface area contributed by atoms with Crippen molar-refractivity contribution in [2.24, 2.45) is 0 Å². The lowest BCUT2D eigenvalue weighted by Crippen LogP contribution is -2.50. The third-order valence-electron chi connectivity index (χ3n) is 5.28. The van der Waals surface area contributed by atoms with Crippen LogP contribution in [0.3, 0.4) is 0 Å². The molecule has 9 heteroatoms. The maximum atomic E-state index is 14.1. The average Bonchev–Trinajstić information content (AvgIpc) is 2.74. The molecule has 1 fully saturated rings. The van der Waals surface area contributed by atoms with E-state index >= 15 is 0 Å². The number of hydrogen-bond acceptors (Lipinski definition) is 5. The molecular formula is C21H21FN4O3S. The summed E-state index contributed by atoms with van der Waals surface area (Å²) in [7, 11) is -3.61. The first-order chi connectivity index (χ1) is 14.3. The first-order valence-corrected chi connectivity index (χ1v) is 11.0. The van der Waals surface area contributed by atoms with Crippen LogP contribution in [0.15, 0.2) is 47.4 Å². The monoisotopic (exact) mass is 428 g/mol. The summed E-state index contributed by atoms with van der Waals surface area (Å²) in [5.74, 6) is -0.942. The largest absolute Gasteiger partial charge is 0.336 e. The number of aryl methyl sites for hydroxylation is 2. The second-order valence-electron chi connectivity index (χ2n) is 7.22. The molecule has 2 heterocycles. The molecular weight excluding hydrogens is 407 g/mol. The standard InChI is InChI=1S/C21H21FN4O3S/c1-14-15(2)24-20-18(12-16(22)13-19(20)23-14)21(27)25-8-10-26(11-9-25)30(28,29)17-6-4-3-5-7-17/h3-7,12-13H,8-11H2,1-2H3. The maximum Gasteiger partial charge on any atom is 0.256 e. The number of nitrogens with zero attached hydrogens (tertiary/aromatic N) is 4. The predicted octanol–water partition coefficient (Wildman–Crippen LogP) is 2.53. The summed E-state index contributed by atoms with van der Waals surface area (Å²) in [6.45, 7) is 4.32. The predicted molar refractivity (Wildman–Crippen MR) is 110 cm³/mol. The van der Waals surface area contributed by atoms with E-state index < -0.39 is 15.8 Å². The molecule has 0 atom stereocenters. The van der Waals surface area contributed by atoms with Crippen molar-refractivity contribution in [1.29, 1.82) is 0 Å². The van der Waals surface area contributed by atoms with Crippen LogP contribution in [0.4, 0.5) is 4.39 Å². The smallest absolute Gasteiger partial charge is 0.256 e. The third-order valence-corrected chi connectivity index (χ3v) is 7.20. The molecule has 0 saturated carbocycles. The molecule has 7 nitrogen and oxygen atoms in total. The van der Waals surface area contributed by atoms with Crippen LogP contribution in [0.25, 0.3) is 11.0 Å². The molecule has 0 bridgehead atoms. The number of amides is 1. The Labute approximate surface area is 174 Å². The number of sulfonamides is 1. The fourth-order valence-electron chi connectivity index (χ4n) is 3.50. The highest BCUT2D eigenvalue weighted by atomic mass is 32.2. The van der Waals surface area contributed by atoms with Crippen LogP contribution < -0.4 is 0 Å². The van der Waals surface area contributed by atoms with Gasteiger partial charge in [-0.3, -0.25) is 4.79 Å². The van der Waals surface area contributed by atoms with Gasteiger partial charge in [-0.25, -0.2) is 22.8 Å². The Morgan fingerprint density at radius 2 is 1.60 bits per heavy atom. The first kappa shape index (κ1) is 20.4. The van der Waals surface area contributed by atoms with Crippen molar-refractivity contribution in [2.45, 2.75) is 18.7 Å². The normalized spacial score (nSPS) is 15.5. The van der Waals surface area contributed by atoms with E-state index in [-0.39, 0.29) is 42.5 Å². The number of carbonyl (C=O) groups is 1. The number of halogens is 1. The number of carbonyl (C=O) groups excluding carboxylic acids is 1. The van der Waals surface area contributed by atoms with Gasteiger partial charge in [-0.1, -0.05) is 18.2 Å². The zero-order chi connectivity index (χ0) is 21.5. The minimum absolute atomic E-state index is 0.139. The highest BCUT2D eigenvalue weighted by Gasteiger charge is 2.31. The molecule has 156 valence electrons.